The lowest BCUT2D eigenvalue weighted by atomic mass is 9.98. The molecule has 9 heavy (non-hydrogen) atoms. The summed E-state index contributed by atoms with van der Waals surface area (Å²) in [5.74, 6) is 0.317. The van der Waals surface area contributed by atoms with Crippen molar-refractivity contribution in [2.24, 2.45) is 5.92 Å². The van der Waals surface area contributed by atoms with E-state index in [0.717, 1.165) is 13.0 Å². The second kappa shape index (κ2) is 1.48. The van der Waals surface area contributed by atoms with Crippen LogP contribution in [0.15, 0.2) is 0 Å². The minimum absolute atomic E-state index is 0.300. The van der Waals surface area contributed by atoms with E-state index in [2.05, 4.69) is 11.4 Å². The van der Waals surface area contributed by atoms with E-state index in [0.29, 0.717) is 11.5 Å². The average molecular weight is 122 g/mol. The van der Waals surface area contributed by atoms with E-state index < -0.39 is 0 Å². The SMILES string of the molecule is N#CC1CCCC12CN2. The summed E-state index contributed by atoms with van der Waals surface area (Å²) in [6.07, 6.45) is 3.58. The maximum atomic E-state index is 8.65. The molecule has 1 saturated heterocycles. The third kappa shape index (κ3) is 0.585. The van der Waals surface area contributed by atoms with Crippen LogP contribution in [0.3, 0.4) is 0 Å². The fourth-order valence-electron chi connectivity index (χ4n) is 1.80. The molecule has 2 atom stereocenters. The molecule has 1 spiro atoms. The Morgan fingerprint density at radius 1 is 1.67 bits per heavy atom. The first-order chi connectivity index (χ1) is 4.37. The zero-order chi connectivity index (χ0) is 6.32. The van der Waals surface area contributed by atoms with Gasteiger partial charge >= 0.3 is 0 Å². The second-order valence-electron chi connectivity index (χ2n) is 3.08. The van der Waals surface area contributed by atoms with Crippen molar-refractivity contribution in [1.29, 1.82) is 5.26 Å². The first-order valence-corrected chi connectivity index (χ1v) is 3.52. The Hall–Kier alpha value is -0.550. The van der Waals surface area contributed by atoms with Gasteiger partial charge in [0.15, 0.2) is 0 Å². The topological polar surface area (TPSA) is 45.7 Å². The van der Waals surface area contributed by atoms with Gasteiger partial charge in [-0.25, -0.2) is 0 Å². The lowest BCUT2D eigenvalue weighted by molar-refractivity contribution is 0.552. The van der Waals surface area contributed by atoms with Crippen molar-refractivity contribution < 1.29 is 0 Å². The molecular formula is C7H10N2. The van der Waals surface area contributed by atoms with Gasteiger partial charge in [0.25, 0.3) is 0 Å². The third-order valence-corrected chi connectivity index (χ3v) is 2.57. The minimum Gasteiger partial charge on any atom is -0.307 e. The molecule has 2 unspecified atom stereocenters. The summed E-state index contributed by atoms with van der Waals surface area (Å²) in [5, 5.41) is 11.9. The molecule has 1 aliphatic heterocycles. The fraction of sp³-hybridized carbons (Fsp3) is 0.857. The van der Waals surface area contributed by atoms with Gasteiger partial charge in [-0.3, -0.25) is 0 Å². The van der Waals surface area contributed by atoms with Gasteiger partial charge in [-0.2, -0.15) is 5.26 Å². The van der Waals surface area contributed by atoms with Gasteiger partial charge in [0.05, 0.1) is 12.0 Å². The monoisotopic (exact) mass is 122 g/mol. The number of nitrogens with one attached hydrogen (secondary N) is 1. The number of nitriles is 1. The Morgan fingerprint density at radius 3 is 2.89 bits per heavy atom. The first kappa shape index (κ1) is 5.25. The van der Waals surface area contributed by atoms with E-state index in [4.69, 9.17) is 5.26 Å². The van der Waals surface area contributed by atoms with E-state index in [1.165, 1.54) is 12.8 Å². The summed E-state index contributed by atoms with van der Waals surface area (Å²) in [4.78, 5) is 0. The van der Waals surface area contributed by atoms with E-state index in [9.17, 15) is 0 Å². The summed E-state index contributed by atoms with van der Waals surface area (Å²) < 4.78 is 0. The van der Waals surface area contributed by atoms with Crippen molar-refractivity contribution >= 4 is 0 Å². The molecule has 0 bridgehead atoms. The van der Waals surface area contributed by atoms with Crippen LogP contribution in [-0.4, -0.2) is 12.1 Å². The Labute approximate surface area is 54.9 Å². The maximum absolute atomic E-state index is 8.65. The predicted octanol–water partition coefficient (Wildman–Crippen LogP) is 0.652. The predicted molar refractivity (Wildman–Crippen MR) is 33.7 cm³/mol. The molecule has 0 aromatic rings. The molecule has 2 rings (SSSR count). The molecule has 0 aromatic carbocycles. The average Bonchev–Trinajstić information content (AvgIpc) is 2.45. The van der Waals surface area contributed by atoms with Gasteiger partial charge in [0.2, 0.25) is 0 Å². The van der Waals surface area contributed by atoms with Gasteiger partial charge in [-0.05, 0) is 12.8 Å². The Bertz CT molecular complexity index is 164. The number of hydrogen-bond acceptors (Lipinski definition) is 2. The number of nitrogens with zero attached hydrogens (tertiary/aromatic N) is 1. The molecule has 2 nitrogen and oxygen atoms in total. The third-order valence-electron chi connectivity index (χ3n) is 2.57. The van der Waals surface area contributed by atoms with Crippen LogP contribution in [0.25, 0.3) is 0 Å². The molecule has 1 heterocycles. The Balaban J connectivity index is 2.16. The molecule has 48 valence electrons. The standard InChI is InChI=1S/C7H10N2/c8-4-6-2-1-3-7(6)5-9-7/h6,9H,1-3,5H2. The van der Waals surface area contributed by atoms with Crippen molar-refractivity contribution in [3.63, 3.8) is 0 Å². The number of hydrogen-bond donors (Lipinski definition) is 1. The minimum atomic E-state index is 0.300. The van der Waals surface area contributed by atoms with Crippen molar-refractivity contribution in [1.82, 2.24) is 5.32 Å². The van der Waals surface area contributed by atoms with Crippen LogP contribution in [-0.2, 0) is 0 Å². The second-order valence-corrected chi connectivity index (χ2v) is 3.08. The zero-order valence-corrected chi connectivity index (χ0v) is 5.35. The molecule has 1 N–H and O–H groups in total. The lowest BCUT2D eigenvalue weighted by Gasteiger charge is -2.05. The van der Waals surface area contributed by atoms with Crippen molar-refractivity contribution in [2.45, 2.75) is 24.8 Å². The van der Waals surface area contributed by atoms with Crippen LogP contribution >= 0.6 is 0 Å². The number of rotatable bonds is 0. The summed E-state index contributed by atoms with van der Waals surface area (Å²) in [7, 11) is 0. The van der Waals surface area contributed by atoms with E-state index in [1.54, 1.807) is 0 Å². The zero-order valence-electron chi connectivity index (χ0n) is 5.35. The lowest BCUT2D eigenvalue weighted by Crippen LogP contribution is -2.19. The van der Waals surface area contributed by atoms with Crippen LogP contribution in [0.1, 0.15) is 19.3 Å². The Kier molecular flexibility index (Phi) is 0.866. The van der Waals surface area contributed by atoms with Crippen LogP contribution in [0, 0.1) is 17.2 Å². The highest BCUT2D eigenvalue weighted by Gasteiger charge is 2.51. The van der Waals surface area contributed by atoms with Crippen molar-refractivity contribution in [3.8, 4) is 6.07 Å². The quantitative estimate of drug-likeness (QED) is 0.479. The van der Waals surface area contributed by atoms with Gasteiger partial charge in [0, 0.05) is 12.1 Å². The van der Waals surface area contributed by atoms with Gasteiger partial charge in [-0.15, -0.1) is 0 Å². The maximum Gasteiger partial charge on any atom is 0.0675 e. The normalized spacial score (nSPS) is 47.2. The molecule has 1 aliphatic carbocycles. The van der Waals surface area contributed by atoms with E-state index >= 15 is 0 Å². The molecular weight excluding hydrogens is 112 g/mol. The first-order valence-electron chi connectivity index (χ1n) is 3.52. The largest absolute Gasteiger partial charge is 0.307 e. The van der Waals surface area contributed by atoms with Crippen LogP contribution in [0.2, 0.25) is 0 Å². The van der Waals surface area contributed by atoms with Crippen LogP contribution in [0.4, 0.5) is 0 Å². The molecule has 1 saturated carbocycles. The highest BCUT2D eigenvalue weighted by Crippen LogP contribution is 2.41. The molecule has 0 aromatic heterocycles. The van der Waals surface area contributed by atoms with Gasteiger partial charge in [-0.1, -0.05) is 6.42 Å². The van der Waals surface area contributed by atoms with Crippen LogP contribution in [0.5, 0.6) is 0 Å². The smallest absolute Gasteiger partial charge is 0.0675 e. The van der Waals surface area contributed by atoms with E-state index in [1.807, 2.05) is 0 Å². The fourth-order valence-corrected chi connectivity index (χ4v) is 1.80. The van der Waals surface area contributed by atoms with E-state index in [-0.39, 0.29) is 0 Å². The summed E-state index contributed by atoms with van der Waals surface area (Å²) in [5.41, 5.74) is 0.300. The van der Waals surface area contributed by atoms with Crippen LogP contribution < -0.4 is 5.32 Å². The summed E-state index contributed by atoms with van der Waals surface area (Å²) >= 11 is 0. The van der Waals surface area contributed by atoms with Gasteiger partial charge < -0.3 is 5.32 Å². The molecule has 0 amide bonds. The Morgan fingerprint density at radius 2 is 2.44 bits per heavy atom. The molecule has 2 heteroatoms. The summed E-state index contributed by atoms with van der Waals surface area (Å²) in [6, 6.07) is 2.35. The molecule has 2 fully saturated rings. The summed E-state index contributed by atoms with van der Waals surface area (Å²) in [6.45, 7) is 1.09. The molecule has 0 radical (unpaired) electrons. The highest BCUT2D eigenvalue weighted by atomic mass is 15.2. The van der Waals surface area contributed by atoms with Gasteiger partial charge in [0.1, 0.15) is 0 Å². The highest BCUT2D eigenvalue weighted by molar-refractivity contribution is 5.17. The van der Waals surface area contributed by atoms with Crippen molar-refractivity contribution in [2.75, 3.05) is 6.54 Å². The molecule has 2 aliphatic rings. The van der Waals surface area contributed by atoms with Crippen molar-refractivity contribution in [3.05, 3.63) is 0 Å².